The van der Waals surface area contributed by atoms with Crippen molar-refractivity contribution >= 4 is 238 Å². The molecule has 10 heteroatoms. The van der Waals surface area contributed by atoms with Crippen LogP contribution in [0, 0.1) is 0 Å². The molecule has 0 saturated carbocycles. The highest BCUT2D eigenvalue weighted by molar-refractivity contribution is 7.26. The topological polar surface area (TPSA) is 55.9 Å². The first-order valence-corrected chi connectivity index (χ1v) is 44.4. The number of nitrogens with zero attached hydrogens (tertiary/aromatic N) is 6. The minimum absolute atomic E-state index is 0.936. The lowest BCUT2D eigenvalue weighted by atomic mass is 10.1. The normalized spacial score (nSPS) is 11.9. The van der Waals surface area contributed by atoms with Crippen LogP contribution >= 0.6 is 22.7 Å². The second kappa shape index (κ2) is 29.4. The first-order chi connectivity index (χ1) is 62.3. The highest BCUT2D eigenvalue weighted by Gasteiger charge is 2.23. The van der Waals surface area contributed by atoms with E-state index in [4.69, 9.17) is 8.83 Å². The zero-order valence-corrected chi connectivity index (χ0v) is 70.4. The van der Waals surface area contributed by atoms with Gasteiger partial charge in [-0.15, -0.1) is 22.7 Å². The van der Waals surface area contributed by atoms with Gasteiger partial charge in [0, 0.05) is 180 Å². The summed E-state index contributed by atoms with van der Waals surface area (Å²) in [6.45, 7) is 0. The molecular weight excluding hydrogens is 1570 g/mol. The molecule has 0 N–H and O–H groups in total. The van der Waals surface area contributed by atoms with E-state index >= 15 is 0 Å². The second-order valence-corrected chi connectivity index (χ2v) is 34.8. The summed E-state index contributed by atoms with van der Waals surface area (Å²) in [6, 6.07) is 151. The van der Waals surface area contributed by atoms with E-state index in [0.717, 1.165) is 33.1 Å². The van der Waals surface area contributed by atoms with Crippen LogP contribution in [0.4, 0.5) is 0 Å². The Morgan fingerprint density at radius 2 is 0.405 bits per heavy atom. The molecule has 10 aromatic heterocycles. The van der Waals surface area contributed by atoms with Gasteiger partial charge in [0.1, 0.15) is 22.3 Å². The summed E-state index contributed by atoms with van der Waals surface area (Å²) in [7, 11) is 4.27. The van der Waals surface area contributed by atoms with E-state index in [1.807, 2.05) is 46.9 Å². The van der Waals surface area contributed by atoms with Crippen molar-refractivity contribution in [1.82, 2.24) is 27.4 Å². The van der Waals surface area contributed by atoms with Crippen molar-refractivity contribution in [3.8, 4) is 22.7 Å². The zero-order chi connectivity index (χ0) is 83.2. The van der Waals surface area contributed by atoms with Crippen LogP contribution in [0.3, 0.4) is 0 Å². The lowest BCUT2D eigenvalue weighted by Gasteiger charge is -2.09. The number of para-hydroxylation sites is 12. The molecular formula is C116H76N6O2S2. The van der Waals surface area contributed by atoms with Crippen molar-refractivity contribution in [2.75, 3.05) is 0 Å². The first kappa shape index (κ1) is 72.8. The smallest absolute Gasteiger partial charge is 0.137 e. The van der Waals surface area contributed by atoms with Gasteiger partial charge in [-0.3, -0.25) is 0 Å². The van der Waals surface area contributed by atoms with Crippen molar-refractivity contribution in [2.45, 2.75) is 0 Å². The molecule has 0 aliphatic rings. The Morgan fingerprint density at radius 1 is 0.151 bits per heavy atom. The van der Waals surface area contributed by atoms with Crippen LogP contribution in [0.15, 0.2) is 433 Å². The second-order valence-electron chi connectivity index (χ2n) is 32.6. The Hall–Kier alpha value is -16.0. The van der Waals surface area contributed by atoms with Gasteiger partial charge in [-0.2, -0.15) is 0 Å². The van der Waals surface area contributed by atoms with Gasteiger partial charge < -0.3 is 36.2 Å². The number of hydrogen-bond acceptors (Lipinski definition) is 4. The molecule has 594 valence electrons. The van der Waals surface area contributed by atoms with E-state index in [9.17, 15) is 0 Å². The van der Waals surface area contributed by atoms with Crippen LogP contribution in [0.25, 0.3) is 238 Å². The summed E-state index contributed by atoms with van der Waals surface area (Å²) in [5.74, 6) is 0. The molecule has 0 atom stereocenters. The lowest BCUT2D eigenvalue weighted by molar-refractivity contribution is 0.669. The minimum Gasteiger partial charge on any atom is -0.456 e. The summed E-state index contributed by atoms with van der Waals surface area (Å²) in [6.07, 6.45) is 0. The van der Waals surface area contributed by atoms with Crippen LogP contribution < -0.4 is 0 Å². The number of thiophene rings is 2. The summed E-state index contributed by atoms with van der Waals surface area (Å²) in [5.41, 5.74) is 23.5. The van der Waals surface area contributed by atoms with E-state index in [1.165, 1.54) is 205 Å². The summed E-state index contributed by atoms with van der Waals surface area (Å²) in [4.78, 5) is 0. The van der Waals surface area contributed by atoms with Gasteiger partial charge in [-0.25, -0.2) is 0 Å². The number of aromatic nitrogens is 6. The van der Waals surface area contributed by atoms with Crippen molar-refractivity contribution in [3.05, 3.63) is 425 Å². The molecule has 0 amide bonds. The Kier molecular flexibility index (Phi) is 17.0. The summed E-state index contributed by atoms with van der Waals surface area (Å²) >= 11 is 3.76. The van der Waals surface area contributed by atoms with Crippen molar-refractivity contribution in [2.24, 2.45) is 14.1 Å². The number of benzene rings is 19. The fourth-order valence-electron chi connectivity index (χ4n) is 20.0. The third kappa shape index (κ3) is 11.6. The molecule has 0 bridgehead atoms. The molecule has 0 aliphatic heterocycles. The molecule has 126 heavy (non-hydrogen) atoms. The minimum atomic E-state index is 0.936. The third-order valence-corrected chi connectivity index (χ3v) is 28.0. The highest BCUT2D eigenvalue weighted by Crippen LogP contribution is 2.46. The van der Waals surface area contributed by atoms with Crippen LogP contribution in [0.2, 0.25) is 0 Å². The first-order valence-electron chi connectivity index (χ1n) is 42.8. The largest absolute Gasteiger partial charge is 0.456 e. The standard InChI is InChI=1S/C30H20N2.C24H15NO.C24H15NS.C19H13NO.C19H13NS/c1-3-11-21(12-4-1)31-27-17-9-7-15-23(27)25-20-30-26(19-29(25)31)24-16-8-10-18-28(24)32(30)22-13-5-2-6-14-22;2*1-2-8-16(9-3-1)25-21-12-6-4-10-17(21)19-15-24-20(14-22(19)25)18-11-5-7-13-23(18)26-24;2*1-20-16-8-4-2-6-12(16)14-10-15-13-7-3-5-9-18(13)21-19(15)11-17(14)20/h1-20H;2*1-15H;2*2-11H,1H3. The predicted molar refractivity (Wildman–Crippen MR) is 538 cm³/mol. The maximum absolute atomic E-state index is 6.12. The zero-order valence-electron chi connectivity index (χ0n) is 68.7. The van der Waals surface area contributed by atoms with E-state index in [0.29, 0.717) is 0 Å². The SMILES string of the molecule is Cn1c2ccccc2c2cc3c(cc21)oc1ccccc13.Cn1c2ccccc2c2cc3c(cc21)sc1ccccc13.c1ccc(-n2c3ccccc3c3cc4c(cc32)c2ccccc2n4-c2ccccc2)cc1.c1ccc(-n2c3ccccc3c3cc4oc5ccccc5c4cc32)cc1.c1ccc(-n2c3ccccc3c3cc4sc5ccccc5c4cc32)cc1. The van der Waals surface area contributed by atoms with Gasteiger partial charge in [-0.1, -0.05) is 255 Å². The fourth-order valence-corrected chi connectivity index (χ4v) is 22.2. The van der Waals surface area contributed by atoms with Crippen LogP contribution in [0.5, 0.6) is 0 Å². The molecule has 0 spiro atoms. The monoisotopic (exact) mass is 1650 g/mol. The Balaban J connectivity index is 0.0000000866. The molecule has 10 heterocycles. The van der Waals surface area contributed by atoms with E-state index in [-0.39, 0.29) is 0 Å². The number of furan rings is 2. The van der Waals surface area contributed by atoms with Gasteiger partial charge in [0.05, 0.1) is 55.2 Å². The number of rotatable bonds is 4. The van der Waals surface area contributed by atoms with Crippen molar-refractivity contribution in [1.29, 1.82) is 0 Å². The predicted octanol–water partition coefficient (Wildman–Crippen LogP) is 32.6. The Morgan fingerprint density at radius 3 is 0.810 bits per heavy atom. The number of aryl methyl sites for hydroxylation is 2. The Labute approximate surface area is 730 Å². The fraction of sp³-hybridized carbons (Fsp3) is 0.0172. The van der Waals surface area contributed by atoms with Gasteiger partial charge in [0.2, 0.25) is 0 Å². The molecule has 19 aromatic carbocycles. The molecule has 0 radical (unpaired) electrons. The highest BCUT2D eigenvalue weighted by atomic mass is 32.1. The molecule has 29 aromatic rings. The number of fused-ring (bicyclic) bond motifs is 30. The number of hydrogen-bond donors (Lipinski definition) is 0. The van der Waals surface area contributed by atoms with Gasteiger partial charge >= 0.3 is 0 Å². The third-order valence-electron chi connectivity index (χ3n) is 25.7. The van der Waals surface area contributed by atoms with Crippen LogP contribution in [-0.4, -0.2) is 27.4 Å². The van der Waals surface area contributed by atoms with E-state index < -0.39 is 0 Å². The summed E-state index contributed by atoms with van der Waals surface area (Å²) < 4.78 is 31.6. The van der Waals surface area contributed by atoms with Gasteiger partial charge in [-0.05, 0) is 164 Å². The van der Waals surface area contributed by atoms with E-state index in [2.05, 4.69) is 442 Å². The molecule has 0 fully saturated rings. The van der Waals surface area contributed by atoms with Crippen molar-refractivity contribution in [3.63, 3.8) is 0 Å². The molecule has 8 nitrogen and oxygen atoms in total. The molecule has 0 unspecified atom stereocenters. The van der Waals surface area contributed by atoms with Crippen LogP contribution in [-0.2, 0) is 14.1 Å². The lowest BCUT2D eigenvalue weighted by Crippen LogP contribution is -1.94. The van der Waals surface area contributed by atoms with Gasteiger partial charge in [0.15, 0.2) is 0 Å². The molecule has 0 saturated heterocycles. The van der Waals surface area contributed by atoms with Crippen molar-refractivity contribution < 1.29 is 8.83 Å². The average molecular weight is 1650 g/mol. The summed E-state index contributed by atoms with van der Waals surface area (Å²) in [5, 5.41) is 25.6. The molecule has 29 rings (SSSR count). The molecule has 0 aliphatic carbocycles. The maximum atomic E-state index is 6.12. The van der Waals surface area contributed by atoms with Gasteiger partial charge in [0.25, 0.3) is 0 Å². The van der Waals surface area contributed by atoms with Crippen LogP contribution in [0.1, 0.15) is 0 Å². The quantitative estimate of drug-likeness (QED) is 0.176. The maximum Gasteiger partial charge on any atom is 0.137 e. The average Bonchev–Trinajstić information content (AvgIpc) is 1.59. The Bertz CT molecular complexity index is 8850. The van der Waals surface area contributed by atoms with E-state index in [1.54, 1.807) is 0 Å².